The van der Waals surface area contributed by atoms with E-state index < -0.39 is 22.8 Å². The fourth-order valence-corrected chi connectivity index (χ4v) is 6.93. The molecular weight excluding hydrogens is 784 g/mol. The third kappa shape index (κ3) is 10.3. The van der Waals surface area contributed by atoms with E-state index in [4.69, 9.17) is 9.47 Å². The summed E-state index contributed by atoms with van der Waals surface area (Å²) in [6.45, 7) is 7.56. The first-order valence-electron chi connectivity index (χ1n) is 17.1. The van der Waals surface area contributed by atoms with Gasteiger partial charge in [0, 0.05) is 17.8 Å². The van der Waals surface area contributed by atoms with Crippen molar-refractivity contribution in [3.8, 4) is 11.5 Å². The molecule has 4 aromatic rings. The van der Waals surface area contributed by atoms with Crippen molar-refractivity contribution in [2.75, 3.05) is 12.4 Å². The number of aliphatic imine (C=N–C) groups is 1. The summed E-state index contributed by atoms with van der Waals surface area (Å²) in [5.74, 6) is -1.22. The van der Waals surface area contributed by atoms with E-state index in [2.05, 4.69) is 32.8 Å². The number of amidine groups is 1. The maximum Gasteiger partial charge on any atom is 0.285 e. The fourth-order valence-electron chi connectivity index (χ4n) is 5.55. The summed E-state index contributed by atoms with van der Waals surface area (Å²) in [7, 11) is 0. The molecule has 11 nitrogen and oxygen atoms in total. The zero-order valence-electron chi connectivity index (χ0n) is 30.0. The molecule has 3 amide bonds. The molecule has 0 atom stereocenters. The lowest BCUT2D eigenvalue weighted by Gasteiger charge is -2.28. The fraction of sp³-hybridized carbons (Fsp3) is 0.143. The van der Waals surface area contributed by atoms with Gasteiger partial charge in [-0.3, -0.25) is 29.4 Å². The van der Waals surface area contributed by atoms with E-state index >= 15 is 0 Å². The van der Waals surface area contributed by atoms with Crippen molar-refractivity contribution in [1.82, 2.24) is 10.2 Å². The van der Waals surface area contributed by atoms with Crippen LogP contribution in [-0.4, -0.2) is 45.1 Å². The standard InChI is InChI=1S/C42H37BrN4O7S/c1-4-7-20-32(5-2)46-41(50)34(23-29-24-35(43)39(36(25-29)53-6-3)54-26-28-15-14-21-33(22-28)47(51)52)40(49)45-42(46)55-27-37(48)44-38(30-16-10-8-11-17-30)31-18-12-9-13-19-31/h4-5,7-25,38H,1,6,26-27H2,2-3H3,(H,44,48)/b20-7-,32-5+,34-23+. The van der Waals surface area contributed by atoms with E-state index in [1.807, 2.05) is 60.7 Å². The van der Waals surface area contributed by atoms with Gasteiger partial charge in [0.25, 0.3) is 17.5 Å². The number of halogens is 1. The van der Waals surface area contributed by atoms with E-state index in [0.29, 0.717) is 32.8 Å². The Labute approximate surface area is 331 Å². The van der Waals surface area contributed by atoms with Crippen molar-refractivity contribution in [3.63, 3.8) is 0 Å². The van der Waals surface area contributed by atoms with Crippen LogP contribution in [0.4, 0.5) is 5.69 Å². The number of nitrogens with one attached hydrogen (secondary N) is 1. The minimum atomic E-state index is -0.779. The lowest BCUT2D eigenvalue weighted by Crippen LogP contribution is -2.42. The maximum atomic E-state index is 14.2. The Morgan fingerprint density at radius 2 is 1.71 bits per heavy atom. The Morgan fingerprint density at radius 3 is 2.33 bits per heavy atom. The van der Waals surface area contributed by atoms with Gasteiger partial charge in [-0.2, -0.15) is 4.99 Å². The summed E-state index contributed by atoms with van der Waals surface area (Å²) >= 11 is 4.49. The summed E-state index contributed by atoms with van der Waals surface area (Å²) in [4.78, 5) is 57.6. The molecule has 0 aromatic heterocycles. The molecule has 0 unspecified atom stereocenters. The molecule has 5 rings (SSSR count). The van der Waals surface area contributed by atoms with Crippen molar-refractivity contribution < 1.29 is 28.8 Å². The Bertz CT molecular complexity index is 2160. The second-order valence-electron chi connectivity index (χ2n) is 11.8. The first-order valence-corrected chi connectivity index (χ1v) is 18.9. The van der Waals surface area contributed by atoms with E-state index in [-0.39, 0.29) is 41.3 Å². The number of allylic oxidation sites excluding steroid dienone is 4. The number of amides is 3. The van der Waals surface area contributed by atoms with E-state index in [1.54, 1.807) is 62.4 Å². The minimum absolute atomic E-state index is 0.0173. The Kier molecular flexibility index (Phi) is 14.1. The van der Waals surface area contributed by atoms with E-state index in [1.165, 1.54) is 23.1 Å². The number of ether oxygens (including phenoxy) is 2. The number of carbonyl (C=O) groups is 3. The molecule has 1 N–H and O–H groups in total. The summed E-state index contributed by atoms with van der Waals surface area (Å²) in [5.41, 5.74) is 2.96. The molecule has 0 radical (unpaired) electrons. The zero-order chi connectivity index (χ0) is 39.3. The van der Waals surface area contributed by atoms with Crippen LogP contribution in [0.1, 0.15) is 42.1 Å². The van der Waals surface area contributed by atoms with Crippen LogP contribution in [0, 0.1) is 10.1 Å². The smallest absolute Gasteiger partial charge is 0.285 e. The van der Waals surface area contributed by atoms with Gasteiger partial charge in [0.1, 0.15) is 12.2 Å². The molecule has 1 aliphatic heterocycles. The highest BCUT2D eigenvalue weighted by atomic mass is 79.9. The molecule has 0 saturated heterocycles. The average Bonchev–Trinajstić information content (AvgIpc) is 3.19. The second kappa shape index (κ2) is 19.3. The minimum Gasteiger partial charge on any atom is -0.490 e. The molecule has 280 valence electrons. The Balaban J connectivity index is 1.42. The first kappa shape index (κ1) is 40.1. The van der Waals surface area contributed by atoms with Crippen LogP contribution in [0.2, 0.25) is 0 Å². The van der Waals surface area contributed by atoms with Gasteiger partial charge in [0.2, 0.25) is 5.91 Å². The average molecular weight is 822 g/mol. The molecule has 0 spiro atoms. The summed E-state index contributed by atoms with van der Waals surface area (Å²) in [6.07, 6.45) is 7.98. The summed E-state index contributed by atoms with van der Waals surface area (Å²) in [5, 5.41) is 14.4. The number of non-ortho nitro benzene ring substituents is 1. The maximum absolute atomic E-state index is 14.2. The number of thioether (sulfide) groups is 1. The number of nitro groups is 1. The van der Waals surface area contributed by atoms with Crippen LogP contribution in [-0.2, 0) is 21.0 Å². The van der Waals surface area contributed by atoms with Gasteiger partial charge < -0.3 is 14.8 Å². The lowest BCUT2D eigenvalue weighted by molar-refractivity contribution is -0.384. The van der Waals surface area contributed by atoms with E-state index in [9.17, 15) is 24.5 Å². The number of rotatable bonds is 15. The largest absolute Gasteiger partial charge is 0.490 e. The van der Waals surface area contributed by atoms with Gasteiger partial charge in [0.15, 0.2) is 16.7 Å². The third-order valence-electron chi connectivity index (χ3n) is 8.06. The number of carbonyl (C=O) groups excluding carboxylic acids is 3. The molecule has 0 saturated carbocycles. The molecule has 13 heteroatoms. The zero-order valence-corrected chi connectivity index (χ0v) is 32.4. The summed E-state index contributed by atoms with van der Waals surface area (Å²) < 4.78 is 12.3. The summed E-state index contributed by atoms with van der Waals surface area (Å²) in [6, 6.07) is 28.1. The molecule has 0 fully saturated rings. The van der Waals surface area contributed by atoms with Crippen LogP contribution < -0.4 is 14.8 Å². The first-order chi connectivity index (χ1) is 26.6. The molecule has 1 aliphatic rings. The van der Waals surface area contributed by atoms with Gasteiger partial charge in [0.05, 0.1) is 27.8 Å². The molecule has 0 aliphatic carbocycles. The second-order valence-corrected chi connectivity index (χ2v) is 13.6. The normalized spacial score (nSPS) is 14.0. The number of hydrogen-bond donors (Lipinski definition) is 1. The number of nitro benzene ring substituents is 1. The topological polar surface area (TPSA) is 140 Å². The van der Waals surface area contributed by atoms with Crippen molar-refractivity contribution in [2.45, 2.75) is 26.5 Å². The van der Waals surface area contributed by atoms with Crippen molar-refractivity contribution >= 4 is 62.3 Å². The highest BCUT2D eigenvalue weighted by molar-refractivity contribution is 9.10. The van der Waals surface area contributed by atoms with Gasteiger partial charge in [-0.25, -0.2) is 0 Å². The van der Waals surface area contributed by atoms with Gasteiger partial charge in [-0.15, -0.1) is 0 Å². The predicted octanol–water partition coefficient (Wildman–Crippen LogP) is 8.73. The number of nitrogens with zero attached hydrogens (tertiary/aromatic N) is 3. The van der Waals surface area contributed by atoms with Crippen LogP contribution in [0.25, 0.3) is 6.08 Å². The third-order valence-corrected chi connectivity index (χ3v) is 9.59. The number of benzene rings is 4. The predicted molar refractivity (Wildman–Crippen MR) is 218 cm³/mol. The van der Waals surface area contributed by atoms with Crippen LogP contribution in [0.3, 0.4) is 0 Å². The van der Waals surface area contributed by atoms with Gasteiger partial charge in [-0.05, 0) is 76.3 Å². The van der Waals surface area contributed by atoms with Crippen LogP contribution in [0.5, 0.6) is 11.5 Å². The highest BCUT2D eigenvalue weighted by Gasteiger charge is 2.35. The molecule has 0 bridgehead atoms. The van der Waals surface area contributed by atoms with Crippen molar-refractivity contribution in [3.05, 3.63) is 176 Å². The van der Waals surface area contributed by atoms with Crippen LogP contribution in [0.15, 0.2) is 149 Å². The Morgan fingerprint density at radius 1 is 1.02 bits per heavy atom. The van der Waals surface area contributed by atoms with Gasteiger partial charge in [-0.1, -0.05) is 109 Å². The lowest BCUT2D eigenvalue weighted by atomic mass is 9.99. The molecule has 4 aromatic carbocycles. The van der Waals surface area contributed by atoms with Crippen molar-refractivity contribution in [1.29, 1.82) is 0 Å². The van der Waals surface area contributed by atoms with Crippen molar-refractivity contribution in [2.24, 2.45) is 4.99 Å². The van der Waals surface area contributed by atoms with Gasteiger partial charge >= 0.3 is 0 Å². The number of hydrogen-bond acceptors (Lipinski definition) is 8. The molecular formula is C42H37BrN4O7S. The molecule has 1 heterocycles. The SMILES string of the molecule is C=C/C=C\C(=C/C)N1C(=O)/C(=C/c2cc(Br)c(OCc3cccc([N+](=O)[O-])c3)c(OCC)c2)C(=O)N=C1SCC(=O)NC(c1ccccc1)c1ccccc1. The highest BCUT2D eigenvalue weighted by Crippen LogP contribution is 2.39. The quantitative estimate of drug-likeness (QED) is 0.0413. The molecule has 55 heavy (non-hydrogen) atoms. The Hall–Kier alpha value is -6.05. The van der Waals surface area contributed by atoms with Crippen LogP contribution >= 0.6 is 27.7 Å². The monoisotopic (exact) mass is 820 g/mol. The van der Waals surface area contributed by atoms with E-state index in [0.717, 1.165) is 22.9 Å².